The van der Waals surface area contributed by atoms with Crippen LogP contribution in [0, 0.1) is 5.92 Å². The first kappa shape index (κ1) is 15.0. The van der Waals surface area contributed by atoms with Crippen LogP contribution in [-0.4, -0.2) is 25.6 Å². The Morgan fingerprint density at radius 3 is 2.61 bits per heavy atom. The van der Waals surface area contributed by atoms with Crippen LogP contribution in [0.15, 0.2) is 12.1 Å². The van der Waals surface area contributed by atoms with Crippen LogP contribution in [0.4, 0.5) is 5.82 Å². The van der Waals surface area contributed by atoms with Crippen molar-refractivity contribution in [3.8, 4) is 0 Å². The lowest BCUT2D eigenvalue weighted by molar-refractivity contribution is 0.557. The summed E-state index contributed by atoms with van der Waals surface area (Å²) in [6.45, 7) is 8.65. The molecule has 1 aromatic heterocycles. The van der Waals surface area contributed by atoms with Crippen LogP contribution in [0.5, 0.6) is 0 Å². The third kappa shape index (κ3) is 4.30. The van der Waals surface area contributed by atoms with Crippen molar-refractivity contribution in [2.45, 2.75) is 40.2 Å². The van der Waals surface area contributed by atoms with Gasteiger partial charge in [-0.15, -0.1) is 0 Å². The first-order chi connectivity index (χ1) is 8.60. The Bertz CT molecular complexity index is 363. The van der Waals surface area contributed by atoms with Gasteiger partial charge in [-0.1, -0.05) is 27.2 Å². The molecule has 1 unspecified atom stereocenters. The molecule has 1 heterocycles. The Morgan fingerprint density at radius 2 is 2.06 bits per heavy atom. The molecular formula is C15H27N3. The summed E-state index contributed by atoms with van der Waals surface area (Å²) in [6.07, 6.45) is 2.20. The number of hydrogen-bond acceptors (Lipinski definition) is 3. The van der Waals surface area contributed by atoms with Crippen molar-refractivity contribution in [1.82, 2.24) is 10.3 Å². The summed E-state index contributed by atoms with van der Waals surface area (Å²) in [7, 11) is 4.12. The Hall–Kier alpha value is -1.09. The predicted octanol–water partition coefficient (Wildman–Crippen LogP) is 2.85. The fourth-order valence-corrected chi connectivity index (χ4v) is 2.01. The minimum absolute atomic E-state index is 0.704. The molecule has 3 nitrogen and oxygen atoms in total. The highest BCUT2D eigenvalue weighted by Gasteiger charge is 2.09. The number of anilines is 1. The van der Waals surface area contributed by atoms with Crippen molar-refractivity contribution in [3.63, 3.8) is 0 Å². The van der Waals surface area contributed by atoms with Crippen molar-refractivity contribution < 1.29 is 0 Å². The van der Waals surface area contributed by atoms with Crippen molar-refractivity contribution in [1.29, 1.82) is 0 Å². The maximum Gasteiger partial charge on any atom is 0.128 e. The second kappa shape index (κ2) is 7.37. The minimum Gasteiger partial charge on any atom is -0.359 e. The van der Waals surface area contributed by atoms with Gasteiger partial charge in [-0.25, -0.2) is 4.98 Å². The smallest absolute Gasteiger partial charge is 0.128 e. The summed E-state index contributed by atoms with van der Waals surface area (Å²) in [4.78, 5) is 6.99. The molecule has 0 amide bonds. The summed E-state index contributed by atoms with van der Waals surface area (Å²) >= 11 is 0. The average Bonchev–Trinajstić information content (AvgIpc) is 2.38. The summed E-state index contributed by atoms with van der Waals surface area (Å²) in [5.41, 5.74) is 2.49. The Kier molecular flexibility index (Phi) is 6.13. The number of aromatic nitrogens is 1. The SMILES string of the molecule is CCc1cc(CNC)cc(N(C)CC(C)CC)n1. The van der Waals surface area contributed by atoms with Crippen molar-refractivity contribution >= 4 is 5.82 Å². The largest absolute Gasteiger partial charge is 0.359 e. The molecule has 102 valence electrons. The molecule has 1 rings (SSSR count). The monoisotopic (exact) mass is 249 g/mol. The second-order valence-electron chi connectivity index (χ2n) is 5.10. The summed E-state index contributed by atoms with van der Waals surface area (Å²) in [5.74, 6) is 1.80. The van der Waals surface area contributed by atoms with E-state index >= 15 is 0 Å². The molecular weight excluding hydrogens is 222 g/mol. The Labute approximate surface area is 112 Å². The zero-order chi connectivity index (χ0) is 13.5. The molecule has 0 spiro atoms. The van der Waals surface area contributed by atoms with Crippen LogP contribution in [0.3, 0.4) is 0 Å². The van der Waals surface area contributed by atoms with E-state index in [-0.39, 0.29) is 0 Å². The van der Waals surface area contributed by atoms with Crippen LogP contribution >= 0.6 is 0 Å². The van der Waals surface area contributed by atoms with Gasteiger partial charge in [0.2, 0.25) is 0 Å². The Morgan fingerprint density at radius 1 is 1.33 bits per heavy atom. The van der Waals surface area contributed by atoms with E-state index in [1.165, 1.54) is 17.7 Å². The van der Waals surface area contributed by atoms with Gasteiger partial charge >= 0.3 is 0 Å². The molecule has 3 heteroatoms. The molecule has 1 aromatic rings. The third-order valence-corrected chi connectivity index (χ3v) is 3.34. The Balaban J connectivity index is 2.88. The maximum absolute atomic E-state index is 4.72. The zero-order valence-corrected chi connectivity index (χ0v) is 12.5. The highest BCUT2D eigenvalue weighted by molar-refractivity contribution is 5.42. The standard InChI is InChI=1S/C15H27N3/c1-6-12(3)11-18(5)15-9-13(10-16-4)8-14(7-2)17-15/h8-9,12,16H,6-7,10-11H2,1-5H3. The van der Waals surface area contributed by atoms with Crippen LogP contribution in [-0.2, 0) is 13.0 Å². The van der Waals surface area contributed by atoms with Gasteiger partial charge in [0.15, 0.2) is 0 Å². The van der Waals surface area contributed by atoms with Crippen LogP contribution < -0.4 is 10.2 Å². The molecule has 0 radical (unpaired) electrons. The van der Waals surface area contributed by atoms with E-state index in [2.05, 4.69) is 50.2 Å². The quantitative estimate of drug-likeness (QED) is 0.805. The van der Waals surface area contributed by atoms with E-state index in [0.29, 0.717) is 5.92 Å². The number of nitrogens with one attached hydrogen (secondary N) is 1. The summed E-state index contributed by atoms with van der Waals surface area (Å²) < 4.78 is 0. The van der Waals surface area contributed by atoms with Gasteiger partial charge in [-0.2, -0.15) is 0 Å². The molecule has 0 saturated heterocycles. The number of nitrogens with zero attached hydrogens (tertiary/aromatic N) is 2. The van der Waals surface area contributed by atoms with Crippen LogP contribution in [0.25, 0.3) is 0 Å². The minimum atomic E-state index is 0.704. The van der Waals surface area contributed by atoms with E-state index in [0.717, 1.165) is 25.3 Å². The van der Waals surface area contributed by atoms with Gasteiger partial charge in [0, 0.05) is 25.8 Å². The van der Waals surface area contributed by atoms with E-state index in [1.807, 2.05) is 7.05 Å². The van der Waals surface area contributed by atoms with Crippen molar-refractivity contribution in [3.05, 3.63) is 23.4 Å². The molecule has 1 N–H and O–H groups in total. The van der Waals surface area contributed by atoms with Crippen LogP contribution in [0.1, 0.15) is 38.4 Å². The average molecular weight is 249 g/mol. The summed E-state index contributed by atoms with van der Waals surface area (Å²) in [6, 6.07) is 4.38. The number of aryl methyl sites for hydroxylation is 1. The molecule has 0 aliphatic heterocycles. The topological polar surface area (TPSA) is 28.2 Å². The zero-order valence-electron chi connectivity index (χ0n) is 12.5. The summed E-state index contributed by atoms with van der Waals surface area (Å²) in [5, 5.41) is 3.21. The molecule has 0 fully saturated rings. The van der Waals surface area contributed by atoms with Gasteiger partial charge in [0.1, 0.15) is 5.82 Å². The highest BCUT2D eigenvalue weighted by atomic mass is 15.2. The second-order valence-corrected chi connectivity index (χ2v) is 5.10. The maximum atomic E-state index is 4.72. The first-order valence-electron chi connectivity index (χ1n) is 6.96. The first-order valence-corrected chi connectivity index (χ1v) is 6.96. The molecule has 18 heavy (non-hydrogen) atoms. The van der Waals surface area contributed by atoms with Gasteiger partial charge in [0.25, 0.3) is 0 Å². The van der Waals surface area contributed by atoms with Gasteiger partial charge < -0.3 is 10.2 Å². The number of rotatable bonds is 7. The van der Waals surface area contributed by atoms with Crippen LogP contribution in [0.2, 0.25) is 0 Å². The number of hydrogen-bond donors (Lipinski definition) is 1. The van der Waals surface area contributed by atoms with Gasteiger partial charge in [-0.05, 0) is 37.1 Å². The molecule has 0 bridgehead atoms. The van der Waals surface area contributed by atoms with E-state index in [1.54, 1.807) is 0 Å². The van der Waals surface area contributed by atoms with Crippen molar-refractivity contribution in [2.75, 3.05) is 25.5 Å². The molecule has 0 aliphatic rings. The van der Waals surface area contributed by atoms with E-state index in [9.17, 15) is 0 Å². The molecule has 0 aliphatic carbocycles. The highest BCUT2D eigenvalue weighted by Crippen LogP contribution is 2.16. The van der Waals surface area contributed by atoms with E-state index < -0.39 is 0 Å². The van der Waals surface area contributed by atoms with Gasteiger partial charge in [0.05, 0.1) is 0 Å². The van der Waals surface area contributed by atoms with Gasteiger partial charge in [-0.3, -0.25) is 0 Å². The lowest BCUT2D eigenvalue weighted by Gasteiger charge is -2.23. The fourth-order valence-electron chi connectivity index (χ4n) is 2.01. The van der Waals surface area contributed by atoms with Crippen molar-refractivity contribution in [2.24, 2.45) is 5.92 Å². The predicted molar refractivity (Wildman–Crippen MR) is 79.1 cm³/mol. The molecule has 1 atom stereocenters. The third-order valence-electron chi connectivity index (χ3n) is 3.34. The van der Waals surface area contributed by atoms with E-state index in [4.69, 9.17) is 4.98 Å². The lowest BCUT2D eigenvalue weighted by atomic mass is 10.1. The fraction of sp³-hybridized carbons (Fsp3) is 0.667. The number of pyridine rings is 1. The molecule has 0 aromatic carbocycles. The lowest BCUT2D eigenvalue weighted by Crippen LogP contribution is -2.25. The normalized spacial score (nSPS) is 12.5. The molecule has 0 saturated carbocycles.